The number of rotatable bonds is 4. The van der Waals surface area contributed by atoms with E-state index in [1.54, 1.807) is 18.9 Å². The molecule has 0 aliphatic carbocycles. The fraction of sp³-hybridized carbons (Fsp3) is 0.550. The predicted molar refractivity (Wildman–Crippen MR) is 107 cm³/mol. The van der Waals surface area contributed by atoms with Crippen molar-refractivity contribution >= 4 is 23.5 Å². The van der Waals surface area contributed by atoms with Crippen LogP contribution in [0.15, 0.2) is 24.3 Å². The van der Waals surface area contributed by atoms with Gasteiger partial charge in [-0.05, 0) is 24.1 Å². The largest absolute Gasteiger partial charge is 0.344 e. The molecular formula is C20H29N5O3. The number of piperidine rings is 1. The molecule has 8 nitrogen and oxygen atoms in total. The number of piperazine rings is 1. The lowest BCUT2D eigenvalue weighted by atomic mass is 10.1. The molecule has 0 spiro atoms. The zero-order chi connectivity index (χ0) is 20.1. The molecule has 4 amide bonds. The van der Waals surface area contributed by atoms with Gasteiger partial charge >= 0.3 is 6.03 Å². The van der Waals surface area contributed by atoms with E-state index in [0.29, 0.717) is 19.4 Å². The van der Waals surface area contributed by atoms with Gasteiger partial charge in [-0.15, -0.1) is 0 Å². The minimum absolute atomic E-state index is 0.0179. The van der Waals surface area contributed by atoms with Crippen LogP contribution in [0.2, 0.25) is 0 Å². The molecule has 0 unspecified atom stereocenters. The normalized spacial score (nSPS) is 20.8. The van der Waals surface area contributed by atoms with Crippen LogP contribution in [0.1, 0.15) is 25.3 Å². The van der Waals surface area contributed by atoms with E-state index in [9.17, 15) is 14.4 Å². The number of carbonyl (C=O) groups is 3. The van der Waals surface area contributed by atoms with E-state index in [1.165, 1.54) is 5.56 Å². The van der Waals surface area contributed by atoms with E-state index in [1.807, 2.05) is 29.2 Å². The highest BCUT2D eigenvalue weighted by Gasteiger charge is 2.24. The molecule has 1 aromatic rings. The number of likely N-dealkylation sites (tertiary alicyclic amines) is 1. The summed E-state index contributed by atoms with van der Waals surface area (Å²) in [6, 6.07) is 7.56. The van der Waals surface area contributed by atoms with Gasteiger partial charge in [0, 0.05) is 71.4 Å². The molecule has 28 heavy (non-hydrogen) atoms. The van der Waals surface area contributed by atoms with Gasteiger partial charge < -0.3 is 20.4 Å². The van der Waals surface area contributed by atoms with Gasteiger partial charge in [0.1, 0.15) is 0 Å². The van der Waals surface area contributed by atoms with Gasteiger partial charge in [-0.2, -0.15) is 0 Å². The molecule has 0 aromatic heterocycles. The molecule has 152 valence electrons. The second-order valence-electron chi connectivity index (χ2n) is 7.59. The van der Waals surface area contributed by atoms with Crippen molar-refractivity contribution < 1.29 is 14.4 Å². The molecule has 2 saturated heterocycles. The van der Waals surface area contributed by atoms with Crippen LogP contribution in [0, 0.1) is 0 Å². The van der Waals surface area contributed by atoms with Crippen molar-refractivity contribution in [1.29, 1.82) is 0 Å². The van der Waals surface area contributed by atoms with Crippen molar-refractivity contribution in [2.45, 2.75) is 32.4 Å². The van der Waals surface area contributed by atoms with E-state index in [2.05, 4.69) is 15.5 Å². The van der Waals surface area contributed by atoms with Gasteiger partial charge in [-0.25, -0.2) is 4.79 Å². The third-order valence-electron chi connectivity index (χ3n) is 5.40. The fourth-order valence-corrected chi connectivity index (χ4v) is 3.66. The number of likely N-dealkylation sites (N-methyl/N-ethyl adjacent to an activating group) is 1. The molecule has 1 atom stereocenters. The lowest BCUT2D eigenvalue weighted by molar-refractivity contribution is -0.132. The van der Waals surface area contributed by atoms with Crippen molar-refractivity contribution in [1.82, 2.24) is 20.0 Å². The Morgan fingerprint density at radius 3 is 2.39 bits per heavy atom. The summed E-state index contributed by atoms with van der Waals surface area (Å²) in [7, 11) is 1.76. The maximum atomic E-state index is 12.2. The highest BCUT2D eigenvalue weighted by molar-refractivity contribution is 5.89. The molecule has 0 bridgehead atoms. The van der Waals surface area contributed by atoms with Crippen molar-refractivity contribution in [2.75, 3.05) is 45.1 Å². The first-order valence-corrected chi connectivity index (χ1v) is 9.79. The second kappa shape index (κ2) is 9.05. The van der Waals surface area contributed by atoms with Crippen LogP contribution in [0.4, 0.5) is 10.5 Å². The maximum Gasteiger partial charge on any atom is 0.319 e. The lowest BCUT2D eigenvalue weighted by Gasteiger charge is -2.34. The second-order valence-corrected chi connectivity index (χ2v) is 7.59. The molecular weight excluding hydrogens is 358 g/mol. The van der Waals surface area contributed by atoms with Crippen molar-refractivity contribution in [3.8, 4) is 0 Å². The number of hydrogen-bond acceptors (Lipinski definition) is 4. The van der Waals surface area contributed by atoms with Crippen LogP contribution in [0.25, 0.3) is 0 Å². The van der Waals surface area contributed by atoms with Gasteiger partial charge in [0.15, 0.2) is 0 Å². The summed E-state index contributed by atoms with van der Waals surface area (Å²) in [5, 5.41) is 5.78. The molecule has 0 saturated carbocycles. The van der Waals surface area contributed by atoms with Gasteiger partial charge in [0.25, 0.3) is 0 Å². The molecule has 0 radical (unpaired) electrons. The summed E-state index contributed by atoms with van der Waals surface area (Å²) in [6.45, 7) is 6.29. The van der Waals surface area contributed by atoms with Crippen LogP contribution in [-0.2, 0) is 16.1 Å². The van der Waals surface area contributed by atoms with Crippen LogP contribution in [0.5, 0.6) is 0 Å². The first-order valence-electron chi connectivity index (χ1n) is 9.79. The summed E-state index contributed by atoms with van der Waals surface area (Å²) in [6.07, 6.45) is 1.14. The van der Waals surface area contributed by atoms with Crippen molar-refractivity contribution in [3.63, 3.8) is 0 Å². The average Bonchev–Trinajstić information content (AvgIpc) is 2.67. The van der Waals surface area contributed by atoms with E-state index in [4.69, 9.17) is 0 Å². The summed E-state index contributed by atoms with van der Waals surface area (Å²) >= 11 is 0. The third kappa shape index (κ3) is 5.45. The number of amides is 4. The summed E-state index contributed by atoms with van der Waals surface area (Å²) in [4.78, 5) is 41.0. The number of hydrogen-bond donors (Lipinski definition) is 2. The van der Waals surface area contributed by atoms with Crippen LogP contribution < -0.4 is 10.6 Å². The number of benzene rings is 1. The Hall–Kier alpha value is -2.61. The standard InChI is InChI=1S/C20H29N5O3/c1-15(26)25-11-9-24(10-12-25)13-16-3-5-17(6-4-16)21-20(28)22-18-7-8-19(27)23(2)14-18/h3-6,18H,7-14H2,1-2H3,(H2,21,22,28)/t18-/m1/s1. The third-order valence-corrected chi connectivity index (χ3v) is 5.40. The summed E-state index contributed by atoms with van der Waals surface area (Å²) in [5.74, 6) is 0.261. The fourth-order valence-electron chi connectivity index (χ4n) is 3.66. The van der Waals surface area contributed by atoms with Crippen molar-refractivity contribution in [3.05, 3.63) is 29.8 Å². The Labute approximate surface area is 165 Å². The zero-order valence-corrected chi connectivity index (χ0v) is 16.6. The minimum atomic E-state index is -0.249. The van der Waals surface area contributed by atoms with Crippen LogP contribution in [-0.4, -0.2) is 78.4 Å². The summed E-state index contributed by atoms with van der Waals surface area (Å²) in [5.41, 5.74) is 1.91. The molecule has 8 heteroatoms. The van der Waals surface area contributed by atoms with Gasteiger partial charge in [0.05, 0.1) is 0 Å². The van der Waals surface area contributed by atoms with Gasteiger partial charge in [-0.1, -0.05) is 12.1 Å². The smallest absolute Gasteiger partial charge is 0.319 e. The monoisotopic (exact) mass is 387 g/mol. The Kier molecular flexibility index (Phi) is 6.51. The minimum Gasteiger partial charge on any atom is -0.344 e. The quantitative estimate of drug-likeness (QED) is 0.810. The topological polar surface area (TPSA) is 85.0 Å². The average molecular weight is 387 g/mol. The van der Waals surface area contributed by atoms with Crippen LogP contribution >= 0.6 is 0 Å². The Morgan fingerprint density at radius 1 is 1.11 bits per heavy atom. The highest BCUT2D eigenvalue weighted by atomic mass is 16.2. The maximum absolute atomic E-state index is 12.2. The summed E-state index contributed by atoms with van der Waals surface area (Å²) < 4.78 is 0. The molecule has 1 aromatic carbocycles. The first kappa shape index (κ1) is 20.1. The first-order chi connectivity index (χ1) is 13.4. The van der Waals surface area contributed by atoms with E-state index in [-0.39, 0.29) is 23.9 Å². The molecule has 2 fully saturated rings. The molecule has 3 rings (SSSR count). The number of nitrogens with zero attached hydrogens (tertiary/aromatic N) is 3. The number of anilines is 1. The van der Waals surface area contributed by atoms with Crippen molar-refractivity contribution in [2.24, 2.45) is 0 Å². The lowest BCUT2D eigenvalue weighted by Crippen LogP contribution is -2.49. The van der Waals surface area contributed by atoms with Gasteiger partial charge in [-0.3, -0.25) is 14.5 Å². The SMILES string of the molecule is CC(=O)N1CCN(Cc2ccc(NC(=O)N[C@@H]3CCC(=O)N(C)C3)cc2)CC1. The Balaban J connectivity index is 1.43. The molecule has 2 heterocycles. The predicted octanol–water partition coefficient (Wildman–Crippen LogP) is 1.09. The number of nitrogens with one attached hydrogen (secondary N) is 2. The molecule has 2 aliphatic rings. The molecule has 2 N–H and O–H groups in total. The molecule has 2 aliphatic heterocycles. The van der Waals surface area contributed by atoms with E-state index in [0.717, 1.165) is 38.4 Å². The van der Waals surface area contributed by atoms with Crippen LogP contribution in [0.3, 0.4) is 0 Å². The van der Waals surface area contributed by atoms with E-state index >= 15 is 0 Å². The zero-order valence-electron chi connectivity index (χ0n) is 16.6. The van der Waals surface area contributed by atoms with Gasteiger partial charge in [0.2, 0.25) is 11.8 Å². The highest BCUT2D eigenvalue weighted by Crippen LogP contribution is 2.14. The number of urea groups is 1. The number of carbonyl (C=O) groups excluding carboxylic acids is 3. The Bertz CT molecular complexity index is 713. The van der Waals surface area contributed by atoms with E-state index < -0.39 is 0 Å². The Morgan fingerprint density at radius 2 is 1.79 bits per heavy atom.